The van der Waals surface area contributed by atoms with Gasteiger partial charge in [-0.05, 0) is 50.8 Å². The fourth-order valence-electron chi connectivity index (χ4n) is 6.08. The van der Waals surface area contributed by atoms with Crippen molar-refractivity contribution in [1.29, 1.82) is 0 Å². The standard InChI is InChI=1S/C31H42N8O3/c1-19(21-6-8-23(9-7-21)27-20(2)33-14-15-34-27)35-29(41)26-16-24(40)17-38(26)30(42)28(31(3,4)5)39-18-25(36-37-39)22-10-12-32-13-11-22/h6-9,14-15,18-19,22,24,26,28,32,40H,10-13,16-17H2,1-5H3,(H,35,41)/t19-,24+,26-,28+/m0/s1. The van der Waals surface area contributed by atoms with Gasteiger partial charge in [0.1, 0.15) is 12.1 Å². The zero-order valence-corrected chi connectivity index (χ0v) is 25.1. The van der Waals surface area contributed by atoms with E-state index < -0.39 is 23.6 Å². The van der Waals surface area contributed by atoms with Gasteiger partial charge in [0.05, 0.1) is 29.2 Å². The predicted molar refractivity (Wildman–Crippen MR) is 158 cm³/mol. The molecule has 4 atom stereocenters. The number of aromatic nitrogens is 5. The van der Waals surface area contributed by atoms with Crippen LogP contribution in [0.15, 0.2) is 42.9 Å². The molecule has 3 N–H and O–H groups in total. The fraction of sp³-hybridized carbons (Fsp3) is 0.548. The minimum Gasteiger partial charge on any atom is -0.391 e. The van der Waals surface area contributed by atoms with E-state index in [4.69, 9.17) is 0 Å². The van der Waals surface area contributed by atoms with Crippen molar-refractivity contribution in [3.63, 3.8) is 0 Å². The van der Waals surface area contributed by atoms with Gasteiger partial charge in [0.25, 0.3) is 0 Å². The molecule has 2 aliphatic rings. The third-order valence-electron chi connectivity index (χ3n) is 8.39. The minimum absolute atomic E-state index is 0.0971. The molecule has 5 rings (SSSR count). The Kier molecular flexibility index (Phi) is 8.70. The summed E-state index contributed by atoms with van der Waals surface area (Å²) in [6.07, 6.45) is 6.59. The Bertz CT molecular complexity index is 1390. The molecule has 3 aromatic rings. The lowest BCUT2D eigenvalue weighted by Crippen LogP contribution is -2.50. The molecule has 11 heteroatoms. The molecule has 1 aromatic carbocycles. The molecule has 2 aromatic heterocycles. The van der Waals surface area contributed by atoms with E-state index in [-0.39, 0.29) is 30.8 Å². The molecule has 4 heterocycles. The number of β-amino-alcohol motifs (C(OH)–C–C–N with tert-alkyl or cyclic N) is 1. The summed E-state index contributed by atoms with van der Waals surface area (Å²) in [5.74, 6) is -0.219. The fourth-order valence-corrected chi connectivity index (χ4v) is 6.08. The third-order valence-corrected chi connectivity index (χ3v) is 8.39. The summed E-state index contributed by atoms with van der Waals surface area (Å²) in [6, 6.07) is 6.10. The Morgan fingerprint density at radius 3 is 2.45 bits per heavy atom. The molecule has 0 unspecified atom stereocenters. The second-order valence-corrected chi connectivity index (χ2v) is 12.7. The van der Waals surface area contributed by atoms with E-state index in [0.717, 1.165) is 54.1 Å². The van der Waals surface area contributed by atoms with Crippen LogP contribution in [0, 0.1) is 12.3 Å². The molecule has 2 fully saturated rings. The zero-order valence-electron chi connectivity index (χ0n) is 25.1. The van der Waals surface area contributed by atoms with Crippen molar-refractivity contribution in [2.75, 3.05) is 19.6 Å². The minimum atomic E-state index is -0.784. The van der Waals surface area contributed by atoms with Crippen molar-refractivity contribution in [2.45, 2.75) is 84.0 Å². The predicted octanol–water partition coefficient (Wildman–Crippen LogP) is 2.94. The average molecular weight is 575 g/mol. The summed E-state index contributed by atoms with van der Waals surface area (Å²) in [5, 5.41) is 25.8. The Labute approximate surface area is 247 Å². The highest BCUT2D eigenvalue weighted by molar-refractivity contribution is 5.90. The normalized spacial score (nSPS) is 21.2. The van der Waals surface area contributed by atoms with Crippen molar-refractivity contribution in [2.24, 2.45) is 5.41 Å². The van der Waals surface area contributed by atoms with E-state index in [1.165, 1.54) is 4.90 Å². The molecule has 224 valence electrons. The van der Waals surface area contributed by atoms with Gasteiger partial charge >= 0.3 is 0 Å². The zero-order chi connectivity index (χ0) is 30.0. The summed E-state index contributed by atoms with van der Waals surface area (Å²) < 4.78 is 1.66. The first-order valence-corrected chi connectivity index (χ1v) is 14.8. The molecule has 2 amide bonds. The summed E-state index contributed by atoms with van der Waals surface area (Å²) in [4.78, 5) is 37.9. The number of carbonyl (C=O) groups is 2. The number of aliphatic hydroxyl groups excluding tert-OH is 1. The third kappa shape index (κ3) is 6.37. The first-order chi connectivity index (χ1) is 20.0. The molecule has 2 saturated heterocycles. The Morgan fingerprint density at radius 2 is 1.79 bits per heavy atom. The Morgan fingerprint density at radius 1 is 1.10 bits per heavy atom. The van der Waals surface area contributed by atoms with E-state index in [9.17, 15) is 14.7 Å². The van der Waals surface area contributed by atoms with Crippen LogP contribution in [0.4, 0.5) is 0 Å². The van der Waals surface area contributed by atoms with Crippen LogP contribution in [0.3, 0.4) is 0 Å². The van der Waals surface area contributed by atoms with Crippen molar-refractivity contribution < 1.29 is 14.7 Å². The molecule has 42 heavy (non-hydrogen) atoms. The van der Waals surface area contributed by atoms with Crippen LogP contribution in [0.5, 0.6) is 0 Å². The van der Waals surface area contributed by atoms with Gasteiger partial charge in [-0.15, -0.1) is 5.10 Å². The number of likely N-dealkylation sites (tertiary alicyclic amines) is 1. The number of nitrogens with one attached hydrogen (secondary N) is 2. The van der Waals surface area contributed by atoms with Gasteiger partial charge < -0.3 is 20.6 Å². The summed E-state index contributed by atoms with van der Waals surface area (Å²) in [6.45, 7) is 11.7. The molecule has 0 aliphatic carbocycles. The van der Waals surface area contributed by atoms with Gasteiger partial charge in [0.2, 0.25) is 11.8 Å². The molecule has 0 spiro atoms. The maximum absolute atomic E-state index is 14.1. The second-order valence-electron chi connectivity index (χ2n) is 12.7. The number of benzene rings is 1. The van der Waals surface area contributed by atoms with Crippen molar-refractivity contribution in [3.8, 4) is 11.3 Å². The van der Waals surface area contributed by atoms with Crippen LogP contribution in [-0.2, 0) is 9.59 Å². The second kappa shape index (κ2) is 12.3. The average Bonchev–Trinajstić information content (AvgIpc) is 3.60. The number of rotatable bonds is 7. The highest BCUT2D eigenvalue weighted by Crippen LogP contribution is 2.35. The van der Waals surface area contributed by atoms with Crippen molar-refractivity contribution in [1.82, 2.24) is 40.5 Å². The number of piperidine rings is 1. The molecule has 0 saturated carbocycles. The monoisotopic (exact) mass is 574 g/mol. The molecular formula is C31H42N8O3. The maximum atomic E-state index is 14.1. The van der Waals surface area contributed by atoms with Crippen LogP contribution >= 0.6 is 0 Å². The topological polar surface area (TPSA) is 138 Å². The highest BCUT2D eigenvalue weighted by Gasteiger charge is 2.45. The highest BCUT2D eigenvalue weighted by atomic mass is 16.3. The number of aryl methyl sites for hydroxylation is 1. The van der Waals surface area contributed by atoms with Gasteiger partial charge in [-0.25, -0.2) is 4.68 Å². The SMILES string of the molecule is Cc1nccnc1-c1ccc([C@H](C)NC(=O)[C@@H]2C[C@@H](O)CN2C(=O)[C@@H](n2cc(C3CCNCC3)nn2)C(C)(C)C)cc1. The van der Waals surface area contributed by atoms with Crippen LogP contribution < -0.4 is 10.6 Å². The molecule has 2 aliphatic heterocycles. The summed E-state index contributed by atoms with van der Waals surface area (Å²) in [7, 11) is 0. The van der Waals surface area contributed by atoms with Crippen LogP contribution in [-0.4, -0.2) is 78.6 Å². The van der Waals surface area contributed by atoms with E-state index in [1.54, 1.807) is 17.1 Å². The largest absolute Gasteiger partial charge is 0.391 e. The van der Waals surface area contributed by atoms with Gasteiger partial charge in [0, 0.05) is 43.0 Å². The van der Waals surface area contributed by atoms with Crippen molar-refractivity contribution in [3.05, 3.63) is 59.8 Å². The van der Waals surface area contributed by atoms with Crippen LogP contribution in [0.1, 0.15) is 81.9 Å². The van der Waals surface area contributed by atoms with Crippen LogP contribution in [0.25, 0.3) is 11.3 Å². The first-order valence-electron chi connectivity index (χ1n) is 14.8. The molecule has 11 nitrogen and oxygen atoms in total. The maximum Gasteiger partial charge on any atom is 0.248 e. The lowest BCUT2D eigenvalue weighted by Gasteiger charge is -2.35. The number of nitrogens with zero attached hydrogens (tertiary/aromatic N) is 6. The van der Waals surface area contributed by atoms with Crippen LogP contribution in [0.2, 0.25) is 0 Å². The van der Waals surface area contributed by atoms with E-state index >= 15 is 0 Å². The summed E-state index contributed by atoms with van der Waals surface area (Å²) >= 11 is 0. The Balaban J connectivity index is 1.31. The van der Waals surface area contributed by atoms with Crippen molar-refractivity contribution >= 4 is 11.8 Å². The molecule has 0 bridgehead atoms. The number of hydrogen-bond donors (Lipinski definition) is 3. The number of hydrogen-bond acceptors (Lipinski definition) is 8. The number of aliphatic hydroxyl groups is 1. The van der Waals surface area contributed by atoms with Gasteiger partial charge in [-0.1, -0.05) is 50.3 Å². The van der Waals surface area contributed by atoms with Gasteiger partial charge in [0.15, 0.2) is 0 Å². The Hall–Kier alpha value is -3.70. The number of amides is 2. The lowest BCUT2D eigenvalue weighted by molar-refractivity contribution is -0.144. The first kappa shape index (κ1) is 29.8. The quantitative estimate of drug-likeness (QED) is 0.392. The molecule has 0 radical (unpaired) electrons. The molecular weight excluding hydrogens is 532 g/mol. The smallest absolute Gasteiger partial charge is 0.248 e. The van der Waals surface area contributed by atoms with E-state index in [0.29, 0.717) is 5.92 Å². The van der Waals surface area contributed by atoms with E-state index in [1.807, 2.05) is 65.1 Å². The van der Waals surface area contributed by atoms with Gasteiger partial charge in [-0.3, -0.25) is 19.6 Å². The number of carbonyl (C=O) groups excluding carboxylic acids is 2. The van der Waals surface area contributed by atoms with E-state index in [2.05, 4.69) is 30.9 Å². The lowest BCUT2D eigenvalue weighted by atomic mass is 9.85. The summed E-state index contributed by atoms with van der Waals surface area (Å²) in [5.41, 5.74) is 3.93. The van der Waals surface area contributed by atoms with Gasteiger partial charge in [-0.2, -0.15) is 0 Å².